The molecule has 0 saturated heterocycles. The summed E-state index contributed by atoms with van der Waals surface area (Å²) in [5, 5.41) is 15.2. The fourth-order valence-corrected chi connectivity index (χ4v) is 1.67. The smallest absolute Gasteiger partial charge is 0.314 e. The van der Waals surface area contributed by atoms with E-state index in [0.717, 1.165) is 12.0 Å². The lowest BCUT2D eigenvalue weighted by Crippen LogP contribution is -2.40. The van der Waals surface area contributed by atoms with Gasteiger partial charge in [0, 0.05) is 19.5 Å². The Morgan fingerprint density at radius 3 is 2.74 bits per heavy atom. The third kappa shape index (κ3) is 7.26. The van der Waals surface area contributed by atoms with Crippen LogP contribution in [0.25, 0.3) is 0 Å². The fourth-order valence-electron chi connectivity index (χ4n) is 1.67. The largest absolute Gasteiger partial charge is 0.391 e. The van der Waals surface area contributed by atoms with Crippen molar-refractivity contribution in [1.82, 2.24) is 10.6 Å². The lowest BCUT2D eigenvalue weighted by molar-refractivity contribution is 0.170. The Hall–Kier alpha value is -1.81. The van der Waals surface area contributed by atoms with Gasteiger partial charge in [0.1, 0.15) is 0 Å². The van der Waals surface area contributed by atoms with Crippen molar-refractivity contribution < 1.29 is 9.90 Å². The van der Waals surface area contributed by atoms with Crippen molar-refractivity contribution in [1.29, 1.82) is 0 Å². The molecule has 1 aromatic rings. The molecule has 0 aliphatic heterocycles. The second kappa shape index (κ2) is 9.16. The van der Waals surface area contributed by atoms with E-state index in [2.05, 4.69) is 10.6 Å². The van der Waals surface area contributed by atoms with Gasteiger partial charge in [0.15, 0.2) is 0 Å². The second-order valence-corrected chi connectivity index (χ2v) is 4.34. The number of aliphatic hydroxyl groups excluding tert-OH is 1. The van der Waals surface area contributed by atoms with Crippen LogP contribution in [0.2, 0.25) is 0 Å². The highest BCUT2D eigenvalue weighted by Gasteiger charge is 2.07. The van der Waals surface area contributed by atoms with Gasteiger partial charge in [-0.05, 0) is 18.9 Å². The monoisotopic (exact) mass is 262 g/mol. The maximum absolute atomic E-state index is 11.4. The van der Waals surface area contributed by atoms with E-state index >= 15 is 0 Å². The average Bonchev–Trinajstić information content (AvgIpc) is 2.42. The summed E-state index contributed by atoms with van der Waals surface area (Å²) in [6.07, 6.45) is 4.73. The highest BCUT2D eigenvalue weighted by atomic mass is 16.3. The van der Waals surface area contributed by atoms with Gasteiger partial charge in [0.05, 0.1) is 6.10 Å². The molecule has 0 radical (unpaired) electrons. The molecule has 19 heavy (non-hydrogen) atoms. The first-order valence-electron chi connectivity index (χ1n) is 6.57. The van der Waals surface area contributed by atoms with E-state index in [-0.39, 0.29) is 12.6 Å². The SMILES string of the molecule is CC=CCCNC(=O)NCC(O)Cc1ccccc1. The molecule has 1 atom stereocenters. The molecule has 0 bridgehead atoms. The van der Waals surface area contributed by atoms with Crippen LogP contribution in [-0.2, 0) is 6.42 Å². The number of hydrogen-bond donors (Lipinski definition) is 3. The average molecular weight is 262 g/mol. The van der Waals surface area contributed by atoms with Crippen molar-refractivity contribution in [2.24, 2.45) is 0 Å². The van der Waals surface area contributed by atoms with Gasteiger partial charge in [0.25, 0.3) is 0 Å². The van der Waals surface area contributed by atoms with Gasteiger partial charge < -0.3 is 15.7 Å². The van der Waals surface area contributed by atoms with Crippen molar-refractivity contribution >= 4 is 6.03 Å². The first kappa shape index (κ1) is 15.2. The normalized spacial score (nSPS) is 12.3. The third-order valence-corrected chi connectivity index (χ3v) is 2.64. The summed E-state index contributed by atoms with van der Waals surface area (Å²) in [7, 11) is 0. The van der Waals surface area contributed by atoms with E-state index in [4.69, 9.17) is 0 Å². The minimum Gasteiger partial charge on any atom is -0.391 e. The number of urea groups is 1. The molecule has 0 saturated carbocycles. The lowest BCUT2D eigenvalue weighted by Gasteiger charge is -2.12. The Morgan fingerprint density at radius 1 is 1.32 bits per heavy atom. The summed E-state index contributed by atoms with van der Waals surface area (Å²) >= 11 is 0. The van der Waals surface area contributed by atoms with Gasteiger partial charge in [-0.1, -0.05) is 42.5 Å². The topological polar surface area (TPSA) is 61.4 Å². The second-order valence-electron chi connectivity index (χ2n) is 4.34. The molecule has 0 heterocycles. The number of benzene rings is 1. The van der Waals surface area contributed by atoms with Crippen LogP contribution < -0.4 is 10.6 Å². The molecular formula is C15H22N2O2. The first-order chi connectivity index (χ1) is 9.22. The summed E-state index contributed by atoms with van der Waals surface area (Å²) in [5.74, 6) is 0. The fraction of sp³-hybridized carbons (Fsp3) is 0.400. The van der Waals surface area contributed by atoms with Gasteiger partial charge in [-0.2, -0.15) is 0 Å². The Kier molecular flexibility index (Phi) is 7.35. The molecule has 0 aromatic heterocycles. The molecule has 1 aromatic carbocycles. The lowest BCUT2D eigenvalue weighted by atomic mass is 10.1. The Bertz CT molecular complexity index is 390. The predicted molar refractivity (Wildman–Crippen MR) is 77.0 cm³/mol. The van der Waals surface area contributed by atoms with E-state index < -0.39 is 6.10 Å². The van der Waals surface area contributed by atoms with Crippen LogP contribution in [0, 0.1) is 0 Å². The Balaban J connectivity index is 2.15. The number of amides is 2. The zero-order valence-corrected chi connectivity index (χ0v) is 11.3. The predicted octanol–water partition coefficient (Wildman–Crippen LogP) is 1.86. The molecule has 0 spiro atoms. The van der Waals surface area contributed by atoms with Crippen LogP contribution in [-0.4, -0.2) is 30.3 Å². The molecule has 3 N–H and O–H groups in total. The Morgan fingerprint density at radius 2 is 2.05 bits per heavy atom. The summed E-state index contributed by atoms with van der Waals surface area (Å²) < 4.78 is 0. The van der Waals surface area contributed by atoms with Crippen LogP contribution in [0.15, 0.2) is 42.5 Å². The highest BCUT2D eigenvalue weighted by Crippen LogP contribution is 2.02. The summed E-state index contributed by atoms with van der Waals surface area (Å²) in [6.45, 7) is 2.80. The van der Waals surface area contributed by atoms with Crippen LogP contribution in [0.5, 0.6) is 0 Å². The number of rotatable bonds is 7. The van der Waals surface area contributed by atoms with E-state index in [1.165, 1.54) is 0 Å². The molecule has 2 amide bonds. The third-order valence-electron chi connectivity index (χ3n) is 2.64. The van der Waals surface area contributed by atoms with Crippen LogP contribution in [0.1, 0.15) is 18.9 Å². The maximum atomic E-state index is 11.4. The maximum Gasteiger partial charge on any atom is 0.314 e. The number of carbonyl (C=O) groups is 1. The zero-order valence-electron chi connectivity index (χ0n) is 11.3. The Labute approximate surface area is 114 Å². The number of aliphatic hydroxyl groups is 1. The van der Waals surface area contributed by atoms with Crippen LogP contribution in [0.4, 0.5) is 4.79 Å². The number of hydrogen-bond acceptors (Lipinski definition) is 2. The summed E-state index contributed by atoms with van der Waals surface area (Å²) in [5.41, 5.74) is 1.06. The van der Waals surface area contributed by atoms with Crippen LogP contribution in [0.3, 0.4) is 0 Å². The molecule has 0 aliphatic carbocycles. The number of carbonyl (C=O) groups excluding carboxylic acids is 1. The van der Waals surface area contributed by atoms with Gasteiger partial charge in [0.2, 0.25) is 0 Å². The zero-order chi connectivity index (χ0) is 13.9. The van der Waals surface area contributed by atoms with Crippen LogP contribution >= 0.6 is 0 Å². The first-order valence-corrected chi connectivity index (χ1v) is 6.57. The minimum absolute atomic E-state index is 0.239. The van der Waals surface area contributed by atoms with Crippen molar-refractivity contribution in [2.45, 2.75) is 25.9 Å². The van der Waals surface area contributed by atoms with Gasteiger partial charge in [-0.15, -0.1) is 0 Å². The van der Waals surface area contributed by atoms with Crippen molar-refractivity contribution in [3.05, 3.63) is 48.0 Å². The molecule has 1 unspecified atom stereocenters. The van der Waals surface area contributed by atoms with Crippen molar-refractivity contribution in [3.63, 3.8) is 0 Å². The van der Waals surface area contributed by atoms with Gasteiger partial charge in [-0.3, -0.25) is 0 Å². The van der Waals surface area contributed by atoms with Crippen molar-refractivity contribution in [3.8, 4) is 0 Å². The summed E-state index contributed by atoms with van der Waals surface area (Å²) in [4.78, 5) is 11.4. The van der Waals surface area contributed by atoms with Crippen molar-refractivity contribution in [2.75, 3.05) is 13.1 Å². The number of nitrogens with one attached hydrogen (secondary N) is 2. The van der Waals surface area contributed by atoms with E-state index in [0.29, 0.717) is 13.0 Å². The van der Waals surface area contributed by atoms with E-state index in [1.807, 2.05) is 49.4 Å². The molecule has 1 rings (SSSR count). The molecule has 0 fully saturated rings. The van der Waals surface area contributed by atoms with Gasteiger partial charge in [-0.25, -0.2) is 4.79 Å². The number of allylic oxidation sites excluding steroid dienone is 1. The van der Waals surface area contributed by atoms with Gasteiger partial charge >= 0.3 is 6.03 Å². The molecule has 4 nitrogen and oxygen atoms in total. The highest BCUT2D eigenvalue weighted by molar-refractivity contribution is 5.73. The molecule has 0 aliphatic rings. The minimum atomic E-state index is -0.566. The van der Waals surface area contributed by atoms with E-state index in [1.54, 1.807) is 0 Å². The molecule has 4 heteroatoms. The standard InChI is InChI=1S/C15H22N2O2/c1-2-3-7-10-16-15(19)17-12-14(18)11-13-8-5-4-6-9-13/h2-6,8-9,14,18H,7,10-12H2,1H3,(H2,16,17,19). The quantitative estimate of drug-likeness (QED) is 0.519. The van der Waals surface area contributed by atoms with E-state index in [9.17, 15) is 9.90 Å². The molecular weight excluding hydrogens is 240 g/mol. The summed E-state index contributed by atoms with van der Waals surface area (Å²) in [6, 6.07) is 9.48. The molecule has 104 valence electrons.